The molecule has 96 valence electrons. The molecule has 1 aromatic carbocycles. The average Bonchev–Trinajstić information content (AvgIpc) is 2.84. The van der Waals surface area contributed by atoms with Gasteiger partial charge in [-0.15, -0.1) is 0 Å². The predicted octanol–water partition coefficient (Wildman–Crippen LogP) is 2.86. The Kier molecular flexibility index (Phi) is 4.53. The summed E-state index contributed by atoms with van der Waals surface area (Å²) in [7, 11) is 0. The lowest BCUT2D eigenvalue weighted by Gasteiger charge is -2.08. The second-order valence-electron chi connectivity index (χ2n) is 4.55. The van der Waals surface area contributed by atoms with Crippen LogP contribution in [0.25, 0.3) is 11.3 Å². The van der Waals surface area contributed by atoms with Crippen molar-refractivity contribution in [1.82, 2.24) is 14.9 Å². The van der Waals surface area contributed by atoms with Gasteiger partial charge >= 0.3 is 0 Å². The second-order valence-corrected chi connectivity index (χ2v) is 4.55. The zero-order valence-electron chi connectivity index (χ0n) is 11.2. The molecular formula is C15H21N3. The van der Waals surface area contributed by atoms with E-state index in [2.05, 4.69) is 53.0 Å². The Morgan fingerprint density at radius 1 is 1.22 bits per heavy atom. The summed E-state index contributed by atoms with van der Waals surface area (Å²) in [6, 6.07) is 8.61. The van der Waals surface area contributed by atoms with Crippen molar-refractivity contribution >= 4 is 0 Å². The van der Waals surface area contributed by atoms with Crippen molar-refractivity contribution in [3.05, 3.63) is 42.4 Å². The highest BCUT2D eigenvalue weighted by molar-refractivity contribution is 5.59. The van der Waals surface area contributed by atoms with E-state index in [1.165, 1.54) is 16.8 Å². The highest BCUT2D eigenvalue weighted by atomic mass is 15.0. The van der Waals surface area contributed by atoms with Crippen LogP contribution < -0.4 is 5.32 Å². The van der Waals surface area contributed by atoms with Crippen molar-refractivity contribution in [3.63, 3.8) is 0 Å². The van der Waals surface area contributed by atoms with E-state index in [1.54, 1.807) is 0 Å². The Morgan fingerprint density at radius 3 is 2.72 bits per heavy atom. The number of aromatic nitrogens is 2. The van der Waals surface area contributed by atoms with Gasteiger partial charge in [-0.1, -0.05) is 36.8 Å². The van der Waals surface area contributed by atoms with Gasteiger partial charge in [-0.3, -0.25) is 0 Å². The van der Waals surface area contributed by atoms with E-state index in [0.717, 1.165) is 26.1 Å². The molecule has 0 aliphatic heterocycles. The van der Waals surface area contributed by atoms with Gasteiger partial charge in [-0.25, -0.2) is 4.98 Å². The molecule has 0 aliphatic carbocycles. The summed E-state index contributed by atoms with van der Waals surface area (Å²) in [6.45, 7) is 7.35. The Balaban J connectivity index is 2.05. The number of nitrogens with zero attached hydrogens (tertiary/aromatic N) is 2. The summed E-state index contributed by atoms with van der Waals surface area (Å²) < 4.78 is 2.22. The standard InChI is InChI=1S/C15H21N3/c1-3-16-9-4-10-18-12-17-11-15(18)14-7-5-13(2)6-8-14/h5-8,11-12,16H,3-4,9-10H2,1-2H3. The first-order chi connectivity index (χ1) is 8.81. The van der Waals surface area contributed by atoms with E-state index >= 15 is 0 Å². The first-order valence-corrected chi connectivity index (χ1v) is 6.59. The molecule has 2 aromatic rings. The van der Waals surface area contributed by atoms with E-state index in [0.29, 0.717) is 0 Å². The van der Waals surface area contributed by atoms with E-state index in [9.17, 15) is 0 Å². The maximum absolute atomic E-state index is 4.26. The molecule has 0 amide bonds. The van der Waals surface area contributed by atoms with Crippen LogP contribution in [-0.4, -0.2) is 22.6 Å². The van der Waals surface area contributed by atoms with Crippen LogP contribution in [0.1, 0.15) is 18.9 Å². The largest absolute Gasteiger partial charge is 0.331 e. The van der Waals surface area contributed by atoms with Crippen LogP contribution in [0.4, 0.5) is 0 Å². The van der Waals surface area contributed by atoms with Gasteiger partial charge in [-0.2, -0.15) is 0 Å². The van der Waals surface area contributed by atoms with Crippen LogP contribution in [-0.2, 0) is 6.54 Å². The Bertz CT molecular complexity index is 471. The summed E-state index contributed by atoms with van der Waals surface area (Å²) in [4.78, 5) is 4.26. The van der Waals surface area contributed by atoms with Crippen molar-refractivity contribution < 1.29 is 0 Å². The van der Waals surface area contributed by atoms with Crippen molar-refractivity contribution in [2.24, 2.45) is 0 Å². The van der Waals surface area contributed by atoms with E-state index in [1.807, 2.05) is 12.5 Å². The minimum absolute atomic E-state index is 1.01. The van der Waals surface area contributed by atoms with Gasteiger partial charge in [-0.05, 0) is 32.0 Å². The molecule has 1 N–H and O–H groups in total. The molecule has 0 spiro atoms. The number of imidazole rings is 1. The summed E-state index contributed by atoms with van der Waals surface area (Å²) in [5, 5.41) is 3.34. The molecule has 1 aromatic heterocycles. The molecule has 2 rings (SSSR count). The fraction of sp³-hybridized carbons (Fsp3) is 0.400. The highest BCUT2D eigenvalue weighted by Crippen LogP contribution is 2.19. The minimum Gasteiger partial charge on any atom is -0.331 e. The molecule has 0 saturated carbocycles. The van der Waals surface area contributed by atoms with Gasteiger partial charge in [0.15, 0.2) is 0 Å². The van der Waals surface area contributed by atoms with Gasteiger partial charge in [0.05, 0.1) is 18.2 Å². The number of nitrogens with one attached hydrogen (secondary N) is 1. The van der Waals surface area contributed by atoms with Crippen LogP contribution >= 0.6 is 0 Å². The fourth-order valence-electron chi connectivity index (χ4n) is 2.01. The number of hydrogen-bond donors (Lipinski definition) is 1. The summed E-state index contributed by atoms with van der Waals surface area (Å²) in [5.74, 6) is 0. The predicted molar refractivity (Wildman–Crippen MR) is 75.6 cm³/mol. The molecular weight excluding hydrogens is 222 g/mol. The zero-order valence-corrected chi connectivity index (χ0v) is 11.2. The lowest BCUT2D eigenvalue weighted by Crippen LogP contribution is -2.16. The van der Waals surface area contributed by atoms with Crippen molar-refractivity contribution in [2.45, 2.75) is 26.8 Å². The molecule has 0 aliphatic rings. The first kappa shape index (κ1) is 12.8. The van der Waals surface area contributed by atoms with E-state index in [-0.39, 0.29) is 0 Å². The van der Waals surface area contributed by atoms with Crippen LogP contribution in [0, 0.1) is 6.92 Å². The molecule has 0 radical (unpaired) electrons. The molecule has 18 heavy (non-hydrogen) atoms. The quantitative estimate of drug-likeness (QED) is 0.791. The van der Waals surface area contributed by atoms with Gasteiger partial charge in [0.2, 0.25) is 0 Å². The van der Waals surface area contributed by atoms with Crippen LogP contribution in [0.15, 0.2) is 36.8 Å². The lowest BCUT2D eigenvalue weighted by atomic mass is 10.1. The molecule has 0 saturated heterocycles. The van der Waals surface area contributed by atoms with Gasteiger partial charge < -0.3 is 9.88 Å². The Hall–Kier alpha value is -1.61. The SMILES string of the molecule is CCNCCCn1cncc1-c1ccc(C)cc1. The van der Waals surface area contributed by atoms with Crippen molar-refractivity contribution in [1.29, 1.82) is 0 Å². The van der Waals surface area contributed by atoms with Gasteiger partial charge in [0.1, 0.15) is 0 Å². The Morgan fingerprint density at radius 2 is 2.00 bits per heavy atom. The molecule has 0 atom stereocenters. The summed E-state index contributed by atoms with van der Waals surface area (Å²) in [6.07, 6.45) is 4.99. The van der Waals surface area contributed by atoms with Crippen LogP contribution in [0.3, 0.4) is 0 Å². The topological polar surface area (TPSA) is 29.9 Å². The number of rotatable bonds is 6. The summed E-state index contributed by atoms with van der Waals surface area (Å²) in [5.41, 5.74) is 3.73. The minimum atomic E-state index is 1.01. The van der Waals surface area contributed by atoms with Crippen molar-refractivity contribution in [3.8, 4) is 11.3 Å². The second kappa shape index (κ2) is 6.36. The Labute approximate surface area is 109 Å². The number of aryl methyl sites for hydroxylation is 2. The normalized spacial score (nSPS) is 10.8. The lowest BCUT2D eigenvalue weighted by molar-refractivity contribution is 0.595. The molecule has 1 heterocycles. The molecule has 0 bridgehead atoms. The van der Waals surface area contributed by atoms with Gasteiger partial charge in [0, 0.05) is 6.54 Å². The average molecular weight is 243 g/mol. The van der Waals surface area contributed by atoms with Crippen LogP contribution in [0.2, 0.25) is 0 Å². The zero-order chi connectivity index (χ0) is 12.8. The van der Waals surface area contributed by atoms with Crippen molar-refractivity contribution in [2.75, 3.05) is 13.1 Å². The maximum Gasteiger partial charge on any atom is 0.0950 e. The highest BCUT2D eigenvalue weighted by Gasteiger charge is 2.04. The maximum atomic E-state index is 4.26. The van der Waals surface area contributed by atoms with Crippen LogP contribution in [0.5, 0.6) is 0 Å². The molecule has 3 heteroatoms. The fourth-order valence-corrected chi connectivity index (χ4v) is 2.01. The number of benzene rings is 1. The smallest absolute Gasteiger partial charge is 0.0950 e. The third-order valence-electron chi connectivity index (χ3n) is 3.06. The molecule has 3 nitrogen and oxygen atoms in total. The monoisotopic (exact) mass is 243 g/mol. The van der Waals surface area contributed by atoms with E-state index in [4.69, 9.17) is 0 Å². The first-order valence-electron chi connectivity index (χ1n) is 6.59. The van der Waals surface area contributed by atoms with E-state index < -0.39 is 0 Å². The third kappa shape index (κ3) is 3.20. The number of hydrogen-bond acceptors (Lipinski definition) is 2. The summed E-state index contributed by atoms with van der Waals surface area (Å²) >= 11 is 0. The molecule has 0 fully saturated rings. The molecule has 0 unspecified atom stereocenters. The third-order valence-corrected chi connectivity index (χ3v) is 3.06. The van der Waals surface area contributed by atoms with Gasteiger partial charge in [0.25, 0.3) is 0 Å².